The zero-order valence-electron chi connectivity index (χ0n) is 12.8. The van der Waals surface area contributed by atoms with E-state index in [9.17, 15) is 9.59 Å². The Morgan fingerprint density at radius 1 is 1.45 bits per heavy atom. The summed E-state index contributed by atoms with van der Waals surface area (Å²) in [4.78, 5) is 26.5. The fourth-order valence-corrected chi connectivity index (χ4v) is 3.41. The second-order valence-electron chi connectivity index (χ2n) is 5.81. The molecule has 22 heavy (non-hydrogen) atoms. The smallest absolute Gasteiger partial charge is 0.244 e. The molecule has 3 atom stereocenters. The van der Waals surface area contributed by atoms with Crippen LogP contribution < -0.4 is 10.6 Å². The van der Waals surface area contributed by atoms with Gasteiger partial charge in [-0.05, 0) is 19.9 Å². The Kier molecular flexibility index (Phi) is 5.08. The number of likely N-dealkylation sites (N-methyl/N-ethyl adjacent to an activating group) is 1. The molecule has 2 fully saturated rings. The van der Waals surface area contributed by atoms with Gasteiger partial charge in [-0.25, -0.2) is 0 Å². The average Bonchev–Trinajstić information content (AvgIpc) is 2.98. The predicted octanol–water partition coefficient (Wildman–Crippen LogP) is -0.0181. The van der Waals surface area contributed by atoms with Crippen molar-refractivity contribution in [2.75, 3.05) is 13.6 Å². The van der Waals surface area contributed by atoms with Gasteiger partial charge in [0.25, 0.3) is 0 Å². The lowest BCUT2D eigenvalue weighted by atomic mass is 10.1. The second-order valence-corrected chi connectivity index (χ2v) is 5.81. The number of nitrogens with one attached hydrogen (secondary N) is 2. The van der Waals surface area contributed by atoms with E-state index in [0.29, 0.717) is 13.0 Å². The predicted molar refractivity (Wildman–Crippen MR) is 83.5 cm³/mol. The van der Waals surface area contributed by atoms with Crippen molar-refractivity contribution in [3.63, 3.8) is 0 Å². The minimum absolute atomic E-state index is 0. The number of aryl methyl sites for hydroxylation is 1. The highest BCUT2D eigenvalue weighted by molar-refractivity contribution is 5.86. The summed E-state index contributed by atoms with van der Waals surface area (Å²) in [7, 11) is 3.61. The third-order valence-electron chi connectivity index (χ3n) is 4.42. The number of rotatable bonds is 3. The topological polar surface area (TPSA) is 79.3 Å². The lowest BCUT2D eigenvalue weighted by Gasteiger charge is -2.30. The van der Waals surface area contributed by atoms with Crippen LogP contribution in [0.5, 0.6) is 0 Å². The van der Waals surface area contributed by atoms with E-state index in [1.807, 2.05) is 18.1 Å². The Morgan fingerprint density at radius 2 is 2.18 bits per heavy atom. The number of carbonyl (C=O) groups is 2. The average molecular weight is 328 g/mol. The summed E-state index contributed by atoms with van der Waals surface area (Å²) in [5.41, 5.74) is 0.855. The van der Waals surface area contributed by atoms with E-state index in [0.717, 1.165) is 18.4 Å². The molecule has 1 aromatic heterocycles. The van der Waals surface area contributed by atoms with Gasteiger partial charge < -0.3 is 15.5 Å². The summed E-state index contributed by atoms with van der Waals surface area (Å²) in [5, 5.41) is 10.1. The molecule has 2 bridgehead atoms. The van der Waals surface area contributed by atoms with Crippen molar-refractivity contribution in [1.82, 2.24) is 25.3 Å². The van der Waals surface area contributed by atoms with Crippen LogP contribution in [0.4, 0.5) is 0 Å². The minimum atomic E-state index is -0.407. The standard InChI is InChI=1S/C14H21N5O2.ClH/c1-15-13(9-6-17-18(2)8-9)14(21)19-10-3-4-11(19)7-16-12(20)5-10;/h6,8,10-11,13,15H,3-5,7H2,1-2H3,(H,16,20);1H. The Morgan fingerprint density at radius 3 is 2.82 bits per heavy atom. The molecule has 122 valence electrons. The van der Waals surface area contributed by atoms with Gasteiger partial charge in [0.2, 0.25) is 11.8 Å². The third kappa shape index (κ3) is 2.96. The highest BCUT2D eigenvalue weighted by Crippen LogP contribution is 2.31. The molecular weight excluding hydrogens is 306 g/mol. The number of hydrogen-bond acceptors (Lipinski definition) is 4. The highest BCUT2D eigenvalue weighted by Gasteiger charge is 2.42. The van der Waals surface area contributed by atoms with Crippen molar-refractivity contribution < 1.29 is 9.59 Å². The number of halogens is 1. The Labute approximate surface area is 135 Å². The second kappa shape index (κ2) is 6.66. The molecule has 3 rings (SSSR count). The first kappa shape index (κ1) is 16.8. The van der Waals surface area contributed by atoms with Gasteiger partial charge in [0.05, 0.1) is 6.20 Å². The first-order chi connectivity index (χ1) is 10.1. The van der Waals surface area contributed by atoms with Crippen molar-refractivity contribution in [2.24, 2.45) is 7.05 Å². The van der Waals surface area contributed by atoms with Gasteiger partial charge in [-0.1, -0.05) is 0 Å². The molecule has 2 aliphatic rings. The molecule has 2 amide bonds. The van der Waals surface area contributed by atoms with Crippen molar-refractivity contribution in [1.29, 1.82) is 0 Å². The maximum absolute atomic E-state index is 12.9. The van der Waals surface area contributed by atoms with Crippen LogP contribution in [-0.4, -0.2) is 52.2 Å². The van der Waals surface area contributed by atoms with Crippen molar-refractivity contribution in [3.05, 3.63) is 18.0 Å². The van der Waals surface area contributed by atoms with E-state index >= 15 is 0 Å². The third-order valence-corrected chi connectivity index (χ3v) is 4.42. The van der Waals surface area contributed by atoms with Gasteiger partial charge in [0.15, 0.2) is 0 Å². The first-order valence-electron chi connectivity index (χ1n) is 7.35. The van der Waals surface area contributed by atoms with Crippen LogP contribution in [0.1, 0.15) is 30.9 Å². The zero-order chi connectivity index (χ0) is 15.0. The van der Waals surface area contributed by atoms with Crippen LogP contribution in [0.3, 0.4) is 0 Å². The van der Waals surface area contributed by atoms with Crippen molar-refractivity contribution in [3.8, 4) is 0 Å². The summed E-state index contributed by atoms with van der Waals surface area (Å²) in [6, 6.07) is -0.269. The highest BCUT2D eigenvalue weighted by atomic mass is 35.5. The SMILES string of the molecule is CNC(C(=O)N1C2CCC1CC(=O)NC2)c1cnn(C)c1.Cl. The summed E-state index contributed by atoms with van der Waals surface area (Å²) in [5.74, 6) is 0.0804. The fourth-order valence-electron chi connectivity index (χ4n) is 3.41. The van der Waals surface area contributed by atoms with Crippen LogP contribution in [0.15, 0.2) is 12.4 Å². The van der Waals surface area contributed by atoms with Crippen LogP contribution >= 0.6 is 12.4 Å². The number of fused-ring (bicyclic) bond motifs is 2. The van der Waals surface area contributed by atoms with Crippen LogP contribution in [0.25, 0.3) is 0 Å². The molecule has 8 heteroatoms. The number of amides is 2. The molecular formula is C14H22ClN5O2. The first-order valence-corrected chi connectivity index (χ1v) is 7.35. The Bertz CT molecular complexity index is 561. The number of hydrogen-bond donors (Lipinski definition) is 2. The summed E-state index contributed by atoms with van der Waals surface area (Å²) in [6.07, 6.45) is 5.84. The number of carbonyl (C=O) groups excluding carboxylic acids is 2. The van der Waals surface area contributed by atoms with E-state index in [1.165, 1.54) is 0 Å². The molecule has 3 heterocycles. The van der Waals surface area contributed by atoms with Crippen LogP contribution in [0.2, 0.25) is 0 Å². The quantitative estimate of drug-likeness (QED) is 0.818. The van der Waals surface area contributed by atoms with E-state index in [2.05, 4.69) is 15.7 Å². The largest absolute Gasteiger partial charge is 0.354 e. The van der Waals surface area contributed by atoms with Gasteiger partial charge >= 0.3 is 0 Å². The molecule has 2 N–H and O–H groups in total. The summed E-state index contributed by atoms with van der Waals surface area (Å²) < 4.78 is 1.69. The van der Waals surface area contributed by atoms with Crippen LogP contribution in [0, 0.1) is 0 Å². The van der Waals surface area contributed by atoms with Crippen molar-refractivity contribution in [2.45, 2.75) is 37.4 Å². The zero-order valence-corrected chi connectivity index (χ0v) is 13.6. The lowest BCUT2D eigenvalue weighted by molar-refractivity contribution is -0.136. The monoisotopic (exact) mass is 327 g/mol. The molecule has 7 nitrogen and oxygen atoms in total. The molecule has 2 aliphatic heterocycles. The van der Waals surface area contributed by atoms with Gasteiger partial charge in [-0.3, -0.25) is 14.3 Å². The molecule has 1 aromatic rings. The normalized spacial score (nSPS) is 25.2. The molecule has 0 spiro atoms. The molecule has 2 saturated heterocycles. The minimum Gasteiger partial charge on any atom is -0.354 e. The van der Waals surface area contributed by atoms with E-state index in [1.54, 1.807) is 17.9 Å². The fraction of sp³-hybridized carbons (Fsp3) is 0.643. The Hall–Kier alpha value is -1.60. The molecule has 0 saturated carbocycles. The molecule has 0 aromatic carbocycles. The van der Waals surface area contributed by atoms with Crippen LogP contribution in [-0.2, 0) is 16.6 Å². The van der Waals surface area contributed by atoms with Gasteiger partial charge in [-0.2, -0.15) is 5.10 Å². The maximum atomic E-state index is 12.9. The summed E-state index contributed by atoms with van der Waals surface area (Å²) in [6.45, 7) is 0.560. The maximum Gasteiger partial charge on any atom is 0.244 e. The number of nitrogens with zero attached hydrogens (tertiary/aromatic N) is 3. The van der Waals surface area contributed by atoms with E-state index in [-0.39, 0.29) is 36.3 Å². The Balaban J connectivity index is 0.00000176. The summed E-state index contributed by atoms with van der Waals surface area (Å²) >= 11 is 0. The van der Waals surface area contributed by atoms with E-state index in [4.69, 9.17) is 0 Å². The lowest BCUT2D eigenvalue weighted by Crippen LogP contribution is -2.47. The molecule has 0 aliphatic carbocycles. The number of aromatic nitrogens is 2. The molecule has 3 unspecified atom stereocenters. The van der Waals surface area contributed by atoms with E-state index < -0.39 is 6.04 Å². The van der Waals surface area contributed by atoms with Gasteiger partial charge in [0, 0.05) is 43.9 Å². The molecule has 0 radical (unpaired) electrons. The van der Waals surface area contributed by atoms with Gasteiger partial charge in [-0.15, -0.1) is 12.4 Å². The van der Waals surface area contributed by atoms with Crippen molar-refractivity contribution >= 4 is 24.2 Å². The van der Waals surface area contributed by atoms with Gasteiger partial charge in [0.1, 0.15) is 6.04 Å².